The topological polar surface area (TPSA) is 50.9 Å². The van der Waals surface area contributed by atoms with Gasteiger partial charge in [-0.2, -0.15) is 0 Å². The summed E-state index contributed by atoms with van der Waals surface area (Å²) in [7, 11) is 0. The van der Waals surface area contributed by atoms with Gasteiger partial charge in [-0.3, -0.25) is 11.3 Å². The Morgan fingerprint density at radius 2 is 1.84 bits per heavy atom. The van der Waals surface area contributed by atoms with Crippen molar-refractivity contribution in [2.75, 3.05) is 0 Å². The molecule has 0 aliphatic rings. The smallest absolute Gasteiger partial charge is 0.129 e. The Kier molecular flexibility index (Phi) is 4.91. The molecule has 3 nitrogen and oxygen atoms in total. The Morgan fingerprint density at radius 3 is 2.37 bits per heavy atom. The third kappa shape index (κ3) is 3.77. The minimum Gasteiger partial charge on any atom is -0.271 e. The van der Waals surface area contributed by atoms with E-state index in [9.17, 15) is 0 Å². The lowest BCUT2D eigenvalue weighted by Gasteiger charge is -2.16. The van der Waals surface area contributed by atoms with E-state index in [4.69, 9.17) is 17.4 Å². The summed E-state index contributed by atoms with van der Waals surface area (Å²) in [6.07, 6.45) is 3.64. The summed E-state index contributed by atoms with van der Waals surface area (Å²) in [5.41, 5.74) is 6.45. The first kappa shape index (κ1) is 14.0. The van der Waals surface area contributed by atoms with E-state index in [1.807, 2.05) is 6.07 Å². The van der Waals surface area contributed by atoms with Crippen LogP contribution in [0.2, 0.25) is 5.15 Å². The van der Waals surface area contributed by atoms with Gasteiger partial charge in [0.2, 0.25) is 0 Å². The summed E-state index contributed by atoms with van der Waals surface area (Å²) in [5, 5.41) is 0.492. The fourth-order valence-electron chi connectivity index (χ4n) is 2.01. The van der Waals surface area contributed by atoms with Crippen molar-refractivity contribution in [3.63, 3.8) is 0 Å². The quantitative estimate of drug-likeness (QED) is 0.501. The molecule has 2 aromatic rings. The van der Waals surface area contributed by atoms with Gasteiger partial charge in [-0.05, 0) is 35.6 Å². The highest BCUT2D eigenvalue weighted by Gasteiger charge is 2.11. The fourth-order valence-corrected chi connectivity index (χ4v) is 2.12. The van der Waals surface area contributed by atoms with Crippen molar-refractivity contribution >= 4 is 11.6 Å². The van der Waals surface area contributed by atoms with Crippen LogP contribution >= 0.6 is 11.6 Å². The number of aromatic nitrogens is 1. The number of pyridine rings is 1. The summed E-state index contributed by atoms with van der Waals surface area (Å²) >= 11 is 5.79. The van der Waals surface area contributed by atoms with E-state index in [1.54, 1.807) is 12.3 Å². The van der Waals surface area contributed by atoms with Crippen molar-refractivity contribution in [2.24, 2.45) is 5.84 Å². The maximum atomic E-state index is 5.79. The molecule has 1 unspecified atom stereocenters. The van der Waals surface area contributed by atoms with Gasteiger partial charge in [0.1, 0.15) is 5.15 Å². The van der Waals surface area contributed by atoms with Crippen LogP contribution in [0.15, 0.2) is 42.6 Å². The number of benzene rings is 1. The van der Waals surface area contributed by atoms with Crippen LogP contribution in [0.5, 0.6) is 0 Å². The Morgan fingerprint density at radius 1 is 1.16 bits per heavy atom. The van der Waals surface area contributed by atoms with E-state index in [0.29, 0.717) is 5.15 Å². The van der Waals surface area contributed by atoms with Crippen molar-refractivity contribution in [1.29, 1.82) is 0 Å². The van der Waals surface area contributed by atoms with E-state index < -0.39 is 0 Å². The van der Waals surface area contributed by atoms with Crippen molar-refractivity contribution in [1.82, 2.24) is 10.4 Å². The van der Waals surface area contributed by atoms with Gasteiger partial charge in [-0.15, -0.1) is 0 Å². The summed E-state index contributed by atoms with van der Waals surface area (Å²) in [5.74, 6) is 5.64. The summed E-state index contributed by atoms with van der Waals surface area (Å²) in [6, 6.07) is 12.4. The normalized spacial score (nSPS) is 12.4. The third-order valence-corrected chi connectivity index (χ3v) is 3.45. The van der Waals surface area contributed by atoms with Gasteiger partial charge in [0.25, 0.3) is 0 Å². The zero-order valence-corrected chi connectivity index (χ0v) is 11.7. The van der Waals surface area contributed by atoms with Crippen LogP contribution in [0.3, 0.4) is 0 Å². The van der Waals surface area contributed by atoms with E-state index in [2.05, 4.69) is 41.6 Å². The lowest BCUT2D eigenvalue weighted by molar-refractivity contribution is 0.550. The fraction of sp³-hybridized carbons (Fsp3) is 0.267. The van der Waals surface area contributed by atoms with E-state index >= 15 is 0 Å². The maximum Gasteiger partial charge on any atom is 0.129 e. The van der Waals surface area contributed by atoms with Crippen molar-refractivity contribution in [2.45, 2.75) is 25.8 Å². The summed E-state index contributed by atoms with van der Waals surface area (Å²) in [4.78, 5) is 4.09. The Balaban J connectivity index is 2.11. The van der Waals surface area contributed by atoms with Gasteiger partial charge in [0.15, 0.2) is 0 Å². The number of halogens is 1. The van der Waals surface area contributed by atoms with Crippen LogP contribution < -0.4 is 11.3 Å². The molecule has 19 heavy (non-hydrogen) atoms. The number of nitrogens with two attached hydrogens (primary N) is 1. The zero-order chi connectivity index (χ0) is 13.7. The maximum absolute atomic E-state index is 5.79. The molecule has 0 aliphatic heterocycles. The molecular formula is C15H18ClN3. The molecule has 4 heteroatoms. The number of hydrogen-bond acceptors (Lipinski definition) is 3. The molecule has 0 bridgehead atoms. The number of nitrogens with one attached hydrogen (secondary N) is 1. The van der Waals surface area contributed by atoms with Crippen LogP contribution in [0.25, 0.3) is 0 Å². The minimum absolute atomic E-state index is 0.0391. The molecule has 1 aromatic carbocycles. The SMILES string of the molecule is CCc1ccc(CC(NN)c2ccc(Cl)nc2)cc1. The molecule has 0 saturated heterocycles. The second-order valence-corrected chi connectivity index (χ2v) is 4.89. The van der Waals surface area contributed by atoms with Crippen LogP contribution in [0.4, 0.5) is 0 Å². The van der Waals surface area contributed by atoms with Gasteiger partial charge in [0, 0.05) is 6.20 Å². The standard InChI is InChI=1S/C15H18ClN3/c1-2-11-3-5-12(6-4-11)9-14(19-17)13-7-8-15(16)18-10-13/h3-8,10,14,19H,2,9,17H2,1H3. The Labute approximate surface area is 118 Å². The lowest BCUT2D eigenvalue weighted by atomic mass is 9.99. The van der Waals surface area contributed by atoms with Crippen molar-refractivity contribution < 1.29 is 0 Å². The Bertz CT molecular complexity index is 508. The highest BCUT2D eigenvalue weighted by molar-refractivity contribution is 6.29. The van der Waals surface area contributed by atoms with Crippen molar-refractivity contribution in [3.8, 4) is 0 Å². The second-order valence-electron chi connectivity index (χ2n) is 4.51. The molecule has 100 valence electrons. The molecule has 0 radical (unpaired) electrons. The molecule has 0 spiro atoms. The molecule has 1 aromatic heterocycles. The first-order valence-electron chi connectivity index (χ1n) is 6.38. The molecule has 0 saturated carbocycles. The molecule has 2 rings (SSSR count). The van der Waals surface area contributed by atoms with Crippen LogP contribution in [0.1, 0.15) is 29.7 Å². The molecule has 0 aliphatic carbocycles. The second kappa shape index (κ2) is 6.66. The number of hydrazine groups is 1. The van der Waals surface area contributed by atoms with E-state index in [1.165, 1.54) is 11.1 Å². The zero-order valence-electron chi connectivity index (χ0n) is 10.9. The average Bonchev–Trinajstić information content (AvgIpc) is 2.46. The molecule has 1 heterocycles. The highest BCUT2D eigenvalue weighted by Crippen LogP contribution is 2.18. The number of rotatable bonds is 5. The summed E-state index contributed by atoms with van der Waals surface area (Å²) in [6.45, 7) is 2.15. The van der Waals surface area contributed by atoms with Gasteiger partial charge in [-0.25, -0.2) is 4.98 Å². The minimum atomic E-state index is 0.0391. The number of aryl methyl sites for hydroxylation is 1. The van der Waals surface area contributed by atoms with Crippen LogP contribution in [-0.4, -0.2) is 4.98 Å². The molecule has 0 amide bonds. The van der Waals surface area contributed by atoms with Crippen LogP contribution in [-0.2, 0) is 12.8 Å². The molecule has 0 fully saturated rings. The van der Waals surface area contributed by atoms with E-state index in [0.717, 1.165) is 18.4 Å². The predicted molar refractivity (Wildman–Crippen MR) is 78.8 cm³/mol. The third-order valence-electron chi connectivity index (χ3n) is 3.22. The first-order valence-corrected chi connectivity index (χ1v) is 6.76. The van der Waals surface area contributed by atoms with Gasteiger partial charge in [0.05, 0.1) is 6.04 Å². The lowest BCUT2D eigenvalue weighted by Crippen LogP contribution is -2.29. The summed E-state index contributed by atoms with van der Waals surface area (Å²) < 4.78 is 0. The highest BCUT2D eigenvalue weighted by atomic mass is 35.5. The number of nitrogens with zero attached hydrogens (tertiary/aromatic N) is 1. The van der Waals surface area contributed by atoms with Gasteiger partial charge in [-0.1, -0.05) is 48.9 Å². The van der Waals surface area contributed by atoms with E-state index in [-0.39, 0.29) is 6.04 Å². The Hall–Kier alpha value is -1.42. The predicted octanol–water partition coefficient (Wildman–Crippen LogP) is 3.04. The molecule has 1 atom stereocenters. The molecule has 3 N–H and O–H groups in total. The van der Waals surface area contributed by atoms with Crippen molar-refractivity contribution in [3.05, 3.63) is 64.4 Å². The van der Waals surface area contributed by atoms with Crippen LogP contribution in [0, 0.1) is 0 Å². The van der Waals surface area contributed by atoms with Gasteiger partial charge < -0.3 is 0 Å². The monoisotopic (exact) mass is 275 g/mol. The largest absolute Gasteiger partial charge is 0.271 e. The average molecular weight is 276 g/mol. The molecular weight excluding hydrogens is 258 g/mol. The number of hydrogen-bond donors (Lipinski definition) is 2. The first-order chi connectivity index (χ1) is 9.22. The van der Waals surface area contributed by atoms with Gasteiger partial charge >= 0.3 is 0 Å².